The van der Waals surface area contributed by atoms with E-state index in [1.54, 1.807) is 0 Å². The van der Waals surface area contributed by atoms with Gasteiger partial charge in [-0.25, -0.2) is 0 Å². The number of rotatable bonds is 9. The van der Waals surface area contributed by atoms with Crippen molar-refractivity contribution in [1.82, 2.24) is 0 Å². The van der Waals surface area contributed by atoms with Crippen molar-refractivity contribution in [3.8, 4) is 0 Å². The van der Waals surface area contributed by atoms with Gasteiger partial charge in [-0.05, 0) is 38.6 Å². The van der Waals surface area contributed by atoms with Crippen LogP contribution in [0.5, 0.6) is 0 Å². The van der Waals surface area contributed by atoms with E-state index in [1.807, 2.05) is 6.92 Å². The third kappa shape index (κ3) is 10.3. The minimum atomic E-state index is -3.86. The molecule has 0 spiro atoms. The fraction of sp³-hybridized carbons (Fsp3) is 1.00. The number of unbranched alkanes of at least 4 members (excludes halogenated alkanes) is 2. The van der Waals surface area contributed by atoms with Crippen LogP contribution in [-0.2, 0) is 14.5 Å². The molecule has 6 heteroatoms. The highest BCUT2D eigenvalue weighted by Crippen LogP contribution is 2.03. The molecular formula is C13H31FNO3S+. The third-order valence-corrected chi connectivity index (χ3v) is 4.76. The summed E-state index contributed by atoms with van der Waals surface area (Å²) in [6.45, 7) is 16.2. The molecule has 0 saturated heterocycles. The molecule has 118 valence electrons. The van der Waals surface area contributed by atoms with Crippen LogP contribution in [0.1, 0.15) is 53.9 Å². The van der Waals surface area contributed by atoms with Crippen molar-refractivity contribution in [3.05, 3.63) is 0 Å². The largest absolute Gasteiger partial charge is 0.325 e. The predicted molar refractivity (Wildman–Crippen MR) is 77.9 cm³/mol. The second-order valence-electron chi connectivity index (χ2n) is 4.64. The van der Waals surface area contributed by atoms with Gasteiger partial charge >= 0.3 is 0 Å². The molecule has 0 amide bonds. The zero-order chi connectivity index (χ0) is 15.4. The second kappa shape index (κ2) is 11.6. The van der Waals surface area contributed by atoms with E-state index in [9.17, 15) is 12.9 Å². The predicted octanol–water partition coefficient (Wildman–Crippen LogP) is 3.29. The van der Waals surface area contributed by atoms with Gasteiger partial charge in [0.15, 0.2) is 0 Å². The highest BCUT2D eigenvalue weighted by molar-refractivity contribution is 7.86. The van der Waals surface area contributed by atoms with Crippen molar-refractivity contribution in [2.75, 3.05) is 31.9 Å². The third-order valence-electron chi connectivity index (χ3n) is 3.78. The standard InChI is InChI=1S/C8H20N.C5H11FO3S/c1-5-9(6-2,7-3)8-4;1-2-3-4-5-10(7,8)9-6/h5-8H2,1-4H3;2-5H2,1H3/q+1;. The van der Waals surface area contributed by atoms with E-state index in [1.165, 1.54) is 30.7 Å². The van der Waals surface area contributed by atoms with E-state index in [0.717, 1.165) is 12.8 Å². The lowest BCUT2D eigenvalue weighted by Gasteiger charge is -2.34. The van der Waals surface area contributed by atoms with Gasteiger partial charge in [-0.1, -0.05) is 24.2 Å². The van der Waals surface area contributed by atoms with Gasteiger partial charge in [-0.3, -0.25) is 0 Å². The summed E-state index contributed by atoms with van der Waals surface area (Å²) in [4.78, 5) is 0. The maximum atomic E-state index is 11.1. The molecule has 0 aliphatic heterocycles. The molecule has 0 rings (SSSR count). The molecule has 0 aromatic carbocycles. The number of hydrogen-bond donors (Lipinski definition) is 0. The monoisotopic (exact) mass is 300 g/mol. The van der Waals surface area contributed by atoms with Crippen molar-refractivity contribution in [1.29, 1.82) is 0 Å². The lowest BCUT2D eigenvalue weighted by atomic mass is 10.3. The molecular weight excluding hydrogens is 269 g/mol. The highest BCUT2D eigenvalue weighted by Gasteiger charge is 2.16. The Morgan fingerprint density at radius 1 is 0.895 bits per heavy atom. The van der Waals surface area contributed by atoms with Crippen LogP contribution in [0.15, 0.2) is 0 Å². The van der Waals surface area contributed by atoms with Crippen molar-refractivity contribution in [2.45, 2.75) is 53.9 Å². The average Bonchev–Trinajstić information content (AvgIpc) is 2.43. The lowest BCUT2D eigenvalue weighted by Crippen LogP contribution is -2.47. The summed E-state index contributed by atoms with van der Waals surface area (Å²) in [5.41, 5.74) is 0. The molecule has 19 heavy (non-hydrogen) atoms. The molecule has 0 aromatic heterocycles. The Morgan fingerprint density at radius 2 is 1.32 bits per heavy atom. The summed E-state index contributed by atoms with van der Waals surface area (Å²) in [7, 11) is -3.86. The zero-order valence-corrected chi connectivity index (χ0v) is 13.9. The van der Waals surface area contributed by atoms with Crippen LogP contribution in [0.2, 0.25) is 0 Å². The van der Waals surface area contributed by atoms with Crippen LogP contribution < -0.4 is 0 Å². The molecule has 0 fully saturated rings. The van der Waals surface area contributed by atoms with E-state index in [2.05, 4.69) is 32.1 Å². The van der Waals surface area contributed by atoms with Crippen LogP contribution in [0.4, 0.5) is 4.53 Å². The van der Waals surface area contributed by atoms with E-state index in [0.29, 0.717) is 6.42 Å². The fourth-order valence-corrected chi connectivity index (χ4v) is 2.52. The quantitative estimate of drug-likeness (QED) is 0.485. The van der Waals surface area contributed by atoms with Gasteiger partial charge in [0.25, 0.3) is 10.1 Å². The molecule has 0 aliphatic rings. The first-order valence-electron chi connectivity index (χ1n) is 7.24. The van der Waals surface area contributed by atoms with Crippen LogP contribution in [-0.4, -0.2) is 44.8 Å². The van der Waals surface area contributed by atoms with Crippen molar-refractivity contribution < 1.29 is 21.8 Å². The van der Waals surface area contributed by atoms with Gasteiger partial charge in [-0.2, -0.15) is 8.42 Å². The van der Waals surface area contributed by atoms with E-state index >= 15 is 0 Å². The van der Waals surface area contributed by atoms with Crippen LogP contribution in [0.3, 0.4) is 0 Å². The highest BCUT2D eigenvalue weighted by atomic mass is 32.2. The van der Waals surface area contributed by atoms with E-state index < -0.39 is 10.1 Å². The summed E-state index contributed by atoms with van der Waals surface area (Å²) < 4.78 is 35.7. The van der Waals surface area contributed by atoms with Crippen LogP contribution in [0, 0.1) is 0 Å². The molecule has 4 nitrogen and oxygen atoms in total. The Kier molecular flexibility index (Phi) is 12.9. The topological polar surface area (TPSA) is 43.4 Å². The first-order valence-corrected chi connectivity index (χ1v) is 8.82. The minimum absolute atomic E-state index is 0.225. The Hall–Kier alpha value is -0.200. The number of quaternary nitrogens is 1. The molecule has 0 bridgehead atoms. The first kappa shape index (κ1) is 21.1. The number of hydrogen-bond acceptors (Lipinski definition) is 3. The van der Waals surface area contributed by atoms with Crippen LogP contribution >= 0.6 is 0 Å². The lowest BCUT2D eigenvalue weighted by molar-refractivity contribution is -0.921. The smallest absolute Gasteiger partial charge is 0.297 e. The Balaban J connectivity index is 0. The summed E-state index contributed by atoms with van der Waals surface area (Å²) >= 11 is 0. The molecule has 0 saturated carbocycles. The SMILES string of the molecule is CCCCCS(=O)(=O)OF.CC[N+](CC)(CC)CC. The fourth-order valence-electron chi connectivity index (χ4n) is 1.90. The van der Waals surface area contributed by atoms with Gasteiger partial charge in [0.05, 0.1) is 31.9 Å². The van der Waals surface area contributed by atoms with Crippen molar-refractivity contribution >= 4 is 10.1 Å². The van der Waals surface area contributed by atoms with Gasteiger partial charge in [0.2, 0.25) is 0 Å². The average molecular weight is 300 g/mol. The maximum absolute atomic E-state index is 11.1. The van der Waals surface area contributed by atoms with Gasteiger partial charge < -0.3 is 4.48 Å². The van der Waals surface area contributed by atoms with E-state index in [-0.39, 0.29) is 5.75 Å². The molecule has 0 heterocycles. The molecule has 0 aromatic rings. The normalized spacial score (nSPS) is 11.9. The number of nitrogens with zero attached hydrogens (tertiary/aromatic N) is 1. The molecule has 0 atom stereocenters. The maximum Gasteiger partial charge on any atom is 0.297 e. The Morgan fingerprint density at radius 3 is 1.53 bits per heavy atom. The first-order chi connectivity index (χ1) is 8.86. The second-order valence-corrected chi connectivity index (χ2v) is 6.29. The minimum Gasteiger partial charge on any atom is -0.325 e. The summed E-state index contributed by atoms with van der Waals surface area (Å²) in [5.74, 6) is -0.225. The van der Waals surface area contributed by atoms with Gasteiger partial charge in [-0.15, -0.1) is 0 Å². The van der Waals surface area contributed by atoms with Gasteiger partial charge in [0, 0.05) is 0 Å². The summed E-state index contributed by atoms with van der Waals surface area (Å²) in [6, 6.07) is 0. The Labute approximate surface area is 118 Å². The zero-order valence-electron chi connectivity index (χ0n) is 13.1. The summed E-state index contributed by atoms with van der Waals surface area (Å²) in [5, 5.41) is 0. The number of halogens is 1. The molecule has 0 radical (unpaired) electrons. The molecule has 0 unspecified atom stereocenters. The summed E-state index contributed by atoms with van der Waals surface area (Å²) in [6.07, 6.45) is 2.15. The van der Waals surface area contributed by atoms with Crippen molar-refractivity contribution in [2.24, 2.45) is 0 Å². The van der Waals surface area contributed by atoms with E-state index in [4.69, 9.17) is 0 Å². The Bertz CT molecular complexity index is 273. The van der Waals surface area contributed by atoms with Gasteiger partial charge in [0.1, 0.15) is 0 Å². The molecule has 0 aliphatic carbocycles. The van der Waals surface area contributed by atoms with Crippen LogP contribution in [0.25, 0.3) is 0 Å². The van der Waals surface area contributed by atoms with Crippen molar-refractivity contribution in [3.63, 3.8) is 0 Å². The molecule has 0 N–H and O–H groups in total.